The number of aryl methyl sites for hydroxylation is 1. The number of aliphatic hydroxyl groups is 1. The van der Waals surface area contributed by atoms with Gasteiger partial charge in [0.05, 0.1) is 22.9 Å². The molecule has 88 valence electrons. The number of hydrogen-bond donors (Lipinski definition) is 1. The lowest BCUT2D eigenvalue weighted by atomic mass is 10.2. The van der Waals surface area contributed by atoms with Gasteiger partial charge < -0.3 is 5.11 Å². The van der Waals surface area contributed by atoms with E-state index in [1.165, 1.54) is 16.8 Å². The van der Waals surface area contributed by atoms with E-state index >= 15 is 0 Å². The Balaban J connectivity index is 2.43. The van der Waals surface area contributed by atoms with Gasteiger partial charge in [0.25, 0.3) is 5.69 Å². The van der Waals surface area contributed by atoms with Gasteiger partial charge in [-0.25, -0.2) is 9.67 Å². The van der Waals surface area contributed by atoms with E-state index in [1.807, 2.05) is 0 Å². The molecule has 2 aromatic rings. The van der Waals surface area contributed by atoms with Crippen LogP contribution in [0.25, 0.3) is 11.4 Å². The molecule has 0 fully saturated rings. The van der Waals surface area contributed by atoms with Crippen LogP contribution in [0.1, 0.15) is 5.69 Å². The lowest BCUT2D eigenvalue weighted by molar-refractivity contribution is -0.385. The highest BCUT2D eigenvalue weighted by Crippen LogP contribution is 2.20. The van der Waals surface area contributed by atoms with E-state index in [2.05, 4.69) is 15.3 Å². The summed E-state index contributed by atoms with van der Waals surface area (Å²) in [7, 11) is 1.65. The standard InChI is InChI=1S/C9H9N5O3/c1-13-8(5-15)9(11-12-13)7-3-2-6(4-10-7)14(16)17/h2-4,15H,5H2,1H3. The lowest BCUT2D eigenvalue weighted by Gasteiger charge is -1.99. The highest BCUT2D eigenvalue weighted by molar-refractivity contribution is 5.57. The highest BCUT2D eigenvalue weighted by atomic mass is 16.6. The number of rotatable bonds is 3. The van der Waals surface area contributed by atoms with Gasteiger partial charge in [0.15, 0.2) is 0 Å². The molecular formula is C9H9N5O3. The number of nitrogens with zero attached hydrogens (tertiary/aromatic N) is 5. The molecule has 0 amide bonds. The van der Waals surface area contributed by atoms with Crippen molar-refractivity contribution < 1.29 is 10.0 Å². The van der Waals surface area contributed by atoms with Crippen molar-refractivity contribution in [2.24, 2.45) is 7.05 Å². The SMILES string of the molecule is Cn1nnc(-c2ccc([N+](=O)[O-])cn2)c1CO. The van der Waals surface area contributed by atoms with Crippen LogP contribution in [0.2, 0.25) is 0 Å². The van der Waals surface area contributed by atoms with Crippen LogP contribution in [0.5, 0.6) is 0 Å². The molecule has 0 aliphatic heterocycles. The van der Waals surface area contributed by atoms with Crippen LogP contribution in [0.3, 0.4) is 0 Å². The van der Waals surface area contributed by atoms with Crippen LogP contribution in [0.4, 0.5) is 5.69 Å². The van der Waals surface area contributed by atoms with Crippen molar-refractivity contribution in [3.63, 3.8) is 0 Å². The predicted molar refractivity (Wildman–Crippen MR) is 56.8 cm³/mol. The van der Waals surface area contributed by atoms with Gasteiger partial charge in [0, 0.05) is 13.1 Å². The molecule has 0 aromatic carbocycles. The summed E-state index contributed by atoms with van der Waals surface area (Å²) < 4.78 is 1.43. The minimum absolute atomic E-state index is 0.0943. The van der Waals surface area contributed by atoms with Crippen molar-refractivity contribution in [1.29, 1.82) is 0 Å². The summed E-state index contributed by atoms with van der Waals surface area (Å²) in [5, 5.41) is 27.2. The molecule has 0 saturated carbocycles. The van der Waals surface area contributed by atoms with E-state index < -0.39 is 4.92 Å². The quantitative estimate of drug-likeness (QED) is 0.604. The molecule has 0 spiro atoms. The van der Waals surface area contributed by atoms with Crippen molar-refractivity contribution in [2.45, 2.75) is 6.61 Å². The summed E-state index contributed by atoms with van der Waals surface area (Å²) in [6, 6.07) is 2.81. The van der Waals surface area contributed by atoms with Crippen molar-refractivity contribution in [3.8, 4) is 11.4 Å². The Morgan fingerprint density at radius 1 is 1.53 bits per heavy atom. The maximum absolute atomic E-state index is 10.5. The molecule has 2 heterocycles. The molecule has 0 bridgehead atoms. The second-order valence-electron chi connectivity index (χ2n) is 3.33. The van der Waals surface area contributed by atoms with Crippen LogP contribution in [-0.4, -0.2) is 30.0 Å². The largest absolute Gasteiger partial charge is 0.390 e. The first-order chi connectivity index (χ1) is 8.13. The van der Waals surface area contributed by atoms with Crippen LogP contribution in [0, 0.1) is 10.1 Å². The van der Waals surface area contributed by atoms with Crippen molar-refractivity contribution in [2.75, 3.05) is 0 Å². The number of hydrogen-bond acceptors (Lipinski definition) is 6. The first kappa shape index (κ1) is 11.1. The molecule has 0 unspecified atom stereocenters. The summed E-state index contributed by atoms with van der Waals surface area (Å²) >= 11 is 0. The van der Waals surface area contributed by atoms with E-state index in [9.17, 15) is 10.1 Å². The van der Waals surface area contributed by atoms with Gasteiger partial charge in [0.2, 0.25) is 0 Å². The Bertz CT molecular complexity index is 548. The minimum Gasteiger partial charge on any atom is -0.390 e. The molecular weight excluding hydrogens is 226 g/mol. The third-order valence-electron chi connectivity index (χ3n) is 2.29. The molecule has 0 atom stereocenters. The predicted octanol–water partition coefficient (Wildman–Crippen LogP) is 0.278. The van der Waals surface area contributed by atoms with Gasteiger partial charge in [-0.2, -0.15) is 0 Å². The van der Waals surface area contributed by atoms with Crippen LogP contribution >= 0.6 is 0 Å². The fraction of sp³-hybridized carbons (Fsp3) is 0.222. The molecule has 17 heavy (non-hydrogen) atoms. The topological polar surface area (TPSA) is 107 Å². The van der Waals surface area contributed by atoms with E-state index in [0.717, 1.165) is 6.20 Å². The third-order valence-corrected chi connectivity index (χ3v) is 2.29. The first-order valence-corrected chi connectivity index (χ1v) is 4.73. The first-order valence-electron chi connectivity index (χ1n) is 4.73. The van der Waals surface area contributed by atoms with Gasteiger partial charge in [-0.3, -0.25) is 10.1 Å². The molecule has 0 saturated heterocycles. The van der Waals surface area contributed by atoms with Gasteiger partial charge in [0.1, 0.15) is 11.9 Å². The normalized spacial score (nSPS) is 10.5. The van der Waals surface area contributed by atoms with Crippen molar-refractivity contribution >= 4 is 5.69 Å². The zero-order valence-electron chi connectivity index (χ0n) is 8.94. The molecule has 1 N–H and O–H groups in total. The van der Waals surface area contributed by atoms with E-state index in [0.29, 0.717) is 17.1 Å². The molecule has 8 nitrogen and oxygen atoms in total. The fourth-order valence-corrected chi connectivity index (χ4v) is 1.39. The molecule has 0 aliphatic carbocycles. The van der Waals surface area contributed by atoms with Gasteiger partial charge in [-0.1, -0.05) is 5.21 Å². The van der Waals surface area contributed by atoms with Crippen LogP contribution < -0.4 is 0 Å². The van der Waals surface area contributed by atoms with Crippen LogP contribution in [0.15, 0.2) is 18.3 Å². The molecule has 2 rings (SSSR count). The molecule has 2 aromatic heterocycles. The average Bonchev–Trinajstić information content (AvgIpc) is 2.70. The van der Waals surface area contributed by atoms with E-state index in [-0.39, 0.29) is 12.3 Å². The number of aromatic nitrogens is 4. The van der Waals surface area contributed by atoms with Gasteiger partial charge in [-0.15, -0.1) is 5.10 Å². The molecule has 8 heteroatoms. The number of nitro groups is 1. The summed E-state index contributed by atoms with van der Waals surface area (Å²) in [6.45, 7) is -0.225. The molecule has 0 radical (unpaired) electrons. The third kappa shape index (κ3) is 1.97. The van der Waals surface area contributed by atoms with E-state index in [4.69, 9.17) is 5.11 Å². The number of pyridine rings is 1. The average molecular weight is 235 g/mol. The number of aliphatic hydroxyl groups excluding tert-OH is 1. The maximum atomic E-state index is 10.5. The highest BCUT2D eigenvalue weighted by Gasteiger charge is 2.14. The second-order valence-corrected chi connectivity index (χ2v) is 3.33. The smallest absolute Gasteiger partial charge is 0.287 e. The van der Waals surface area contributed by atoms with Gasteiger partial charge in [-0.05, 0) is 6.07 Å². The minimum atomic E-state index is -0.527. The second kappa shape index (κ2) is 4.26. The summed E-state index contributed by atoms with van der Waals surface area (Å²) in [5.74, 6) is 0. The van der Waals surface area contributed by atoms with E-state index in [1.54, 1.807) is 7.05 Å². The van der Waals surface area contributed by atoms with Crippen molar-refractivity contribution in [1.82, 2.24) is 20.0 Å². The Morgan fingerprint density at radius 3 is 2.82 bits per heavy atom. The summed E-state index contributed by atoms with van der Waals surface area (Å²) in [6.07, 6.45) is 1.14. The Labute approximate surface area is 95.7 Å². The van der Waals surface area contributed by atoms with Crippen molar-refractivity contribution in [3.05, 3.63) is 34.1 Å². The zero-order chi connectivity index (χ0) is 12.4. The zero-order valence-corrected chi connectivity index (χ0v) is 8.94. The lowest BCUT2D eigenvalue weighted by Crippen LogP contribution is -1.99. The Morgan fingerprint density at radius 2 is 2.29 bits per heavy atom. The monoisotopic (exact) mass is 235 g/mol. The Hall–Kier alpha value is -2.35. The van der Waals surface area contributed by atoms with Crippen LogP contribution in [-0.2, 0) is 13.7 Å². The van der Waals surface area contributed by atoms with Gasteiger partial charge >= 0.3 is 0 Å². The maximum Gasteiger partial charge on any atom is 0.287 e. The summed E-state index contributed by atoms with van der Waals surface area (Å²) in [4.78, 5) is 13.9. The summed E-state index contributed by atoms with van der Waals surface area (Å²) in [5.41, 5.74) is 1.27. The molecule has 0 aliphatic rings. The fourth-order valence-electron chi connectivity index (χ4n) is 1.39. The Kier molecular flexibility index (Phi) is 2.79.